The van der Waals surface area contributed by atoms with Crippen LogP contribution in [0, 0.1) is 11.8 Å². The van der Waals surface area contributed by atoms with Crippen molar-refractivity contribution in [1.82, 2.24) is 19.7 Å². The van der Waals surface area contributed by atoms with Gasteiger partial charge in [0.1, 0.15) is 6.10 Å². The summed E-state index contributed by atoms with van der Waals surface area (Å²) >= 11 is 0. The van der Waals surface area contributed by atoms with Gasteiger partial charge in [-0.2, -0.15) is 5.10 Å². The Labute approximate surface area is 235 Å². The molecule has 8 heteroatoms. The molecule has 6 rings (SSSR count). The SMILES string of the molecule is Cn1cc2c(C(=O)CC3CCC(CCN4CCc5ccc(OC6CCC(F)(F)C6)nc5CC4)CC3)cccc2n1. The summed E-state index contributed by atoms with van der Waals surface area (Å²) in [6.45, 7) is 3.08. The first-order valence-corrected chi connectivity index (χ1v) is 15.0. The highest BCUT2D eigenvalue weighted by Gasteiger charge is 2.41. The summed E-state index contributed by atoms with van der Waals surface area (Å²) in [4.78, 5) is 20.4. The Morgan fingerprint density at radius 3 is 2.65 bits per heavy atom. The number of fused-ring (bicyclic) bond motifs is 2. The zero-order valence-electron chi connectivity index (χ0n) is 23.5. The first-order chi connectivity index (χ1) is 19.3. The number of rotatable bonds is 8. The van der Waals surface area contributed by atoms with Crippen molar-refractivity contribution in [3.05, 3.63) is 53.3 Å². The highest BCUT2D eigenvalue weighted by molar-refractivity contribution is 6.07. The van der Waals surface area contributed by atoms with E-state index in [0.29, 0.717) is 24.6 Å². The monoisotopic (exact) mass is 550 g/mol. The molecule has 3 aliphatic rings. The van der Waals surface area contributed by atoms with E-state index in [1.165, 1.54) is 24.8 Å². The minimum Gasteiger partial charge on any atom is -0.474 e. The van der Waals surface area contributed by atoms with Gasteiger partial charge in [-0.3, -0.25) is 9.48 Å². The smallest absolute Gasteiger partial charge is 0.251 e. The van der Waals surface area contributed by atoms with E-state index in [9.17, 15) is 13.6 Å². The van der Waals surface area contributed by atoms with Gasteiger partial charge < -0.3 is 9.64 Å². The number of benzene rings is 1. The van der Waals surface area contributed by atoms with Crippen LogP contribution in [0.4, 0.5) is 8.78 Å². The van der Waals surface area contributed by atoms with Gasteiger partial charge in [0.05, 0.1) is 5.52 Å². The molecule has 1 atom stereocenters. The maximum atomic E-state index is 13.5. The van der Waals surface area contributed by atoms with Gasteiger partial charge in [-0.15, -0.1) is 0 Å². The maximum absolute atomic E-state index is 13.5. The van der Waals surface area contributed by atoms with Gasteiger partial charge in [0, 0.05) is 74.7 Å². The van der Waals surface area contributed by atoms with Crippen LogP contribution in [0.5, 0.6) is 5.88 Å². The first-order valence-electron chi connectivity index (χ1n) is 15.0. The van der Waals surface area contributed by atoms with Gasteiger partial charge in [0.2, 0.25) is 5.88 Å². The third-order valence-electron chi connectivity index (χ3n) is 9.31. The Bertz CT molecular complexity index is 1350. The molecule has 0 spiro atoms. The second-order valence-electron chi connectivity index (χ2n) is 12.3. The van der Waals surface area contributed by atoms with Crippen molar-refractivity contribution >= 4 is 16.7 Å². The van der Waals surface area contributed by atoms with Gasteiger partial charge in [0.15, 0.2) is 5.78 Å². The number of alkyl halides is 2. The zero-order valence-corrected chi connectivity index (χ0v) is 23.5. The number of nitrogens with zero attached hydrogens (tertiary/aromatic N) is 4. The number of hydrogen-bond acceptors (Lipinski definition) is 5. The highest BCUT2D eigenvalue weighted by atomic mass is 19.3. The Morgan fingerprint density at radius 1 is 1.05 bits per heavy atom. The molecular weight excluding hydrogens is 510 g/mol. The van der Waals surface area contributed by atoms with E-state index >= 15 is 0 Å². The standard InChI is InChI=1S/C32H40F2N4O2/c1-37-21-27-26(3-2-4-29(27)36-37)30(39)19-23-7-5-22(6-8-23)12-16-38-17-13-24-9-10-31(35-28(24)14-18-38)40-25-11-15-32(33,34)20-25/h2-4,9-10,21-23,25H,5-8,11-20H2,1H3. The van der Waals surface area contributed by atoms with Gasteiger partial charge in [-0.1, -0.05) is 31.0 Å². The van der Waals surface area contributed by atoms with Crippen LogP contribution in [0.25, 0.3) is 10.9 Å². The third-order valence-corrected chi connectivity index (χ3v) is 9.31. The Hall–Kier alpha value is -2.87. The molecule has 40 heavy (non-hydrogen) atoms. The first kappa shape index (κ1) is 27.3. The minimum absolute atomic E-state index is 0.0969. The van der Waals surface area contributed by atoms with Crippen LogP contribution < -0.4 is 4.74 Å². The number of aryl methyl sites for hydroxylation is 1. The molecule has 0 amide bonds. The summed E-state index contributed by atoms with van der Waals surface area (Å²) in [6, 6.07) is 9.77. The number of hydrogen-bond donors (Lipinski definition) is 0. The summed E-state index contributed by atoms with van der Waals surface area (Å²) < 4.78 is 34.7. The topological polar surface area (TPSA) is 60.2 Å². The Balaban J connectivity index is 0.942. The van der Waals surface area contributed by atoms with Crippen LogP contribution in [0.3, 0.4) is 0 Å². The lowest BCUT2D eigenvalue weighted by molar-refractivity contribution is -0.00140. The van der Waals surface area contributed by atoms with Crippen molar-refractivity contribution in [3.63, 3.8) is 0 Å². The Morgan fingerprint density at radius 2 is 1.85 bits per heavy atom. The lowest BCUT2D eigenvalue weighted by Crippen LogP contribution is -2.29. The van der Waals surface area contributed by atoms with E-state index in [1.807, 2.05) is 37.5 Å². The molecule has 0 saturated heterocycles. The summed E-state index contributed by atoms with van der Waals surface area (Å²) in [5, 5.41) is 5.40. The fraction of sp³-hybridized carbons (Fsp3) is 0.594. The van der Waals surface area contributed by atoms with Gasteiger partial charge in [0.25, 0.3) is 5.92 Å². The molecular formula is C32H40F2N4O2. The van der Waals surface area contributed by atoms with E-state index < -0.39 is 12.0 Å². The molecule has 0 N–H and O–H groups in total. The zero-order chi connectivity index (χ0) is 27.7. The number of halogens is 2. The minimum atomic E-state index is -2.61. The second kappa shape index (κ2) is 11.6. The van der Waals surface area contributed by atoms with Crippen molar-refractivity contribution < 1.29 is 18.3 Å². The van der Waals surface area contributed by atoms with Gasteiger partial charge in [-0.05, 0) is 62.1 Å². The van der Waals surface area contributed by atoms with Crippen molar-refractivity contribution in [1.29, 1.82) is 0 Å². The van der Waals surface area contributed by atoms with Gasteiger partial charge in [-0.25, -0.2) is 13.8 Å². The van der Waals surface area contributed by atoms with Crippen LogP contribution in [-0.4, -0.2) is 57.1 Å². The normalized spacial score (nSPS) is 25.0. The van der Waals surface area contributed by atoms with Crippen LogP contribution in [-0.2, 0) is 19.9 Å². The maximum Gasteiger partial charge on any atom is 0.251 e. The lowest BCUT2D eigenvalue weighted by Gasteiger charge is -2.30. The summed E-state index contributed by atoms with van der Waals surface area (Å²) in [6.07, 6.45) is 9.91. The highest BCUT2D eigenvalue weighted by Crippen LogP contribution is 2.37. The van der Waals surface area contributed by atoms with E-state index in [1.54, 1.807) is 4.68 Å². The number of carbonyl (C=O) groups is 1. The number of pyridine rings is 1. The average Bonchev–Trinajstić information content (AvgIpc) is 3.41. The molecule has 214 valence electrons. The summed E-state index contributed by atoms with van der Waals surface area (Å²) in [5.41, 5.74) is 3.99. The molecule has 1 aromatic carbocycles. The number of ketones is 1. The fourth-order valence-electron chi connectivity index (χ4n) is 6.94. The molecule has 2 fully saturated rings. The molecule has 1 aliphatic heterocycles. The quantitative estimate of drug-likeness (QED) is 0.304. The molecule has 2 saturated carbocycles. The molecule has 0 bridgehead atoms. The van der Waals surface area contributed by atoms with E-state index in [0.717, 1.165) is 73.4 Å². The summed E-state index contributed by atoms with van der Waals surface area (Å²) in [5.74, 6) is -0.678. The molecule has 2 aromatic heterocycles. The molecule has 1 unspecified atom stereocenters. The van der Waals surface area contributed by atoms with Gasteiger partial charge >= 0.3 is 0 Å². The second-order valence-corrected chi connectivity index (χ2v) is 12.3. The van der Waals surface area contributed by atoms with Crippen LogP contribution in [0.1, 0.15) is 79.4 Å². The average molecular weight is 551 g/mol. The molecule has 0 radical (unpaired) electrons. The summed E-state index contributed by atoms with van der Waals surface area (Å²) in [7, 11) is 1.90. The van der Waals surface area contributed by atoms with Crippen LogP contribution in [0.15, 0.2) is 36.5 Å². The number of Topliss-reactive ketones (excluding diaryl/α,β-unsaturated/α-hetero) is 1. The van der Waals surface area contributed by atoms with Crippen LogP contribution >= 0.6 is 0 Å². The van der Waals surface area contributed by atoms with Crippen molar-refractivity contribution in [2.75, 3.05) is 19.6 Å². The molecule has 2 aliphatic carbocycles. The molecule has 3 heterocycles. The fourth-order valence-corrected chi connectivity index (χ4v) is 6.94. The van der Waals surface area contributed by atoms with E-state index in [-0.39, 0.29) is 18.6 Å². The van der Waals surface area contributed by atoms with Crippen molar-refractivity contribution in [2.24, 2.45) is 18.9 Å². The number of ether oxygens (including phenoxy) is 1. The van der Waals surface area contributed by atoms with Crippen LogP contribution in [0.2, 0.25) is 0 Å². The van der Waals surface area contributed by atoms with E-state index in [4.69, 9.17) is 9.72 Å². The van der Waals surface area contributed by atoms with Crippen molar-refractivity contribution in [3.8, 4) is 5.88 Å². The Kier molecular flexibility index (Phi) is 7.89. The predicted molar refractivity (Wildman–Crippen MR) is 151 cm³/mol. The number of aromatic nitrogens is 3. The van der Waals surface area contributed by atoms with Crippen molar-refractivity contribution in [2.45, 2.75) is 82.7 Å². The number of carbonyl (C=O) groups excluding carboxylic acids is 1. The lowest BCUT2D eigenvalue weighted by atomic mass is 9.78. The third kappa shape index (κ3) is 6.37. The van der Waals surface area contributed by atoms with E-state index in [2.05, 4.69) is 16.1 Å². The largest absolute Gasteiger partial charge is 0.474 e. The molecule has 6 nitrogen and oxygen atoms in total. The predicted octanol–water partition coefficient (Wildman–Crippen LogP) is 6.41. The molecule has 3 aromatic rings.